The maximum Gasteiger partial charge on any atom is 0.261 e. The van der Waals surface area contributed by atoms with Crippen LogP contribution >= 0.6 is 0 Å². The number of carbonyl (C=O) groups excluding carboxylic acids is 2. The topological polar surface area (TPSA) is 49.4 Å². The van der Waals surface area contributed by atoms with Crippen molar-refractivity contribution in [2.24, 2.45) is 5.92 Å². The molecule has 0 bridgehead atoms. The van der Waals surface area contributed by atoms with Crippen molar-refractivity contribution >= 4 is 11.8 Å². The maximum atomic E-state index is 12.4. The molecule has 2 amide bonds. The number of nitrogens with zero attached hydrogens (tertiary/aromatic N) is 1. The fraction of sp³-hybridized carbons (Fsp3) is 0.529. The lowest BCUT2D eigenvalue weighted by atomic mass is 9.83. The Bertz CT molecular complexity index is 514. The zero-order chi connectivity index (χ0) is 14.8. The van der Waals surface area contributed by atoms with Gasteiger partial charge < -0.3 is 5.32 Å². The van der Waals surface area contributed by atoms with Crippen LogP contribution < -0.4 is 5.32 Å². The van der Waals surface area contributed by atoms with Crippen molar-refractivity contribution in [3.63, 3.8) is 0 Å². The van der Waals surface area contributed by atoms with E-state index in [0.717, 1.165) is 0 Å². The first-order chi connectivity index (χ1) is 10.2. The molecule has 1 fully saturated rings. The van der Waals surface area contributed by atoms with Gasteiger partial charge in [-0.15, -0.1) is 0 Å². The highest BCUT2D eigenvalue weighted by atomic mass is 16.2. The second-order valence-corrected chi connectivity index (χ2v) is 6.06. The van der Waals surface area contributed by atoms with E-state index in [4.69, 9.17) is 0 Å². The van der Waals surface area contributed by atoms with E-state index in [2.05, 4.69) is 5.32 Å². The molecule has 0 radical (unpaired) electrons. The van der Waals surface area contributed by atoms with Gasteiger partial charge in [0.25, 0.3) is 11.8 Å². The lowest BCUT2D eigenvalue weighted by Gasteiger charge is -2.32. The van der Waals surface area contributed by atoms with Crippen molar-refractivity contribution in [1.29, 1.82) is 0 Å². The van der Waals surface area contributed by atoms with Crippen LogP contribution in [0.5, 0.6) is 0 Å². The summed E-state index contributed by atoms with van der Waals surface area (Å²) in [5, 5.41) is 3.32. The molecule has 1 aromatic rings. The van der Waals surface area contributed by atoms with Crippen molar-refractivity contribution < 1.29 is 9.59 Å². The van der Waals surface area contributed by atoms with Gasteiger partial charge >= 0.3 is 0 Å². The lowest BCUT2D eigenvalue weighted by molar-refractivity contribution is 0.0620. The molecule has 0 saturated heterocycles. The van der Waals surface area contributed by atoms with Crippen molar-refractivity contribution in [2.45, 2.75) is 38.1 Å². The SMILES string of the molecule is CNC(CN1C(=O)c2ccccc2C1=O)C1CCCCC1. The molecule has 1 saturated carbocycles. The number of carbonyl (C=O) groups is 2. The largest absolute Gasteiger partial charge is 0.315 e. The van der Waals surface area contributed by atoms with Crippen molar-refractivity contribution in [3.05, 3.63) is 35.4 Å². The minimum absolute atomic E-state index is 0.147. The lowest BCUT2D eigenvalue weighted by Crippen LogP contribution is -2.46. The van der Waals surface area contributed by atoms with Crippen molar-refractivity contribution in [3.8, 4) is 0 Å². The Morgan fingerprint density at radius 3 is 2.19 bits per heavy atom. The Morgan fingerprint density at radius 1 is 1.10 bits per heavy atom. The van der Waals surface area contributed by atoms with Gasteiger partial charge in [0.15, 0.2) is 0 Å². The molecule has 4 nitrogen and oxygen atoms in total. The van der Waals surface area contributed by atoms with E-state index >= 15 is 0 Å². The predicted octanol–water partition coefficient (Wildman–Crippen LogP) is 2.45. The van der Waals surface area contributed by atoms with E-state index in [1.807, 2.05) is 19.2 Å². The van der Waals surface area contributed by atoms with Crippen LogP contribution in [0.4, 0.5) is 0 Å². The van der Waals surface area contributed by atoms with E-state index in [1.54, 1.807) is 12.1 Å². The molecule has 1 heterocycles. The summed E-state index contributed by atoms with van der Waals surface area (Å²) in [5.41, 5.74) is 1.09. The first-order valence-electron chi connectivity index (χ1n) is 7.85. The highest BCUT2D eigenvalue weighted by Crippen LogP contribution is 2.29. The Hall–Kier alpha value is -1.68. The van der Waals surface area contributed by atoms with Crippen LogP contribution in [0, 0.1) is 5.92 Å². The molecule has 0 spiro atoms. The number of rotatable bonds is 4. The summed E-state index contributed by atoms with van der Waals surface area (Å²) in [6, 6.07) is 7.30. The third kappa shape index (κ3) is 2.60. The summed E-state index contributed by atoms with van der Waals surface area (Å²) in [4.78, 5) is 26.3. The normalized spacial score (nSPS) is 20.7. The summed E-state index contributed by atoms with van der Waals surface area (Å²) in [6.07, 6.45) is 6.19. The van der Waals surface area contributed by atoms with E-state index in [9.17, 15) is 9.59 Å². The number of hydrogen-bond acceptors (Lipinski definition) is 3. The van der Waals surface area contributed by atoms with Crippen LogP contribution in [0.25, 0.3) is 0 Å². The van der Waals surface area contributed by atoms with E-state index < -0.39 is 0 Å². The van der Waals surface area contributed by atoms with Gasteiger partial charge in [-0.3, -0.25) is 14.5 Å². The average Bonchev–Trinajstić information content (AvgIpc) is 2.78. The number of likely N-dealkylation sites (N-methyl/N-ethyl adjacent to an activating group) is 1. The van der Waals surface area contributed by atoms with Gasteiger partial charge in [-0.25, -0.2) is 0 Å². The molecule has 2 aliphatic rings. The van der Waals surface area contributed by atoms with Crippen LogP contribution in [0.2, 0.25) is 0 Å². The summed E-state index contributed by atoms with van der Waals surface area (Å²) >= 11 is 0. The standard InChI is InChI=1S/C17H22N2O2/c1-18-15(12-7-3-2-4-8-12)11-19-16(20)13-9-5-6-10-14(13)17(19)21/h5-6,9-10,12,15,18H,2-4,7-8,11H2,1H3. The Morgan fingerprint density at radius 2 is 1.67 bits per heavy atom. The second kappa shape index (κ2) is 5.98. The molecule has 0 aromatic heterocycles. The van der Waals surface area contributed by atoms with Gasteiger partial charge in [-0.05, 0) is 37.9 Å². The quantitative estimate of drug-likeness (QED) is 0.865. The zero-order valence-electron chi connectivity index (χ0n) is 12.5. The molecule has 1 aromatic carbocycles. The van der Waals surface area contributed by atoms with E-state index in [-0.39, 0.29) is 17.9 Å². The monoisotopic (exact) mass is 286 g/mol. The maximum absolute atomic E-state index is 12.4. The van der Waals surface area contributed by atoms with Gasteiger partial charge in [0.1, 0.15) is 0 Å². The van der Waals surface area contributed by atoms with Gasteiger partial charge in [0.05, 0.1) is 11.1 Å². The number of amides is 2. The fourth-order valence-corrected chi connectivity index (χ4v) is 3.61. The highest BCUT2D eigenvalue weighted by Gasteiger charge is 2.37. The van der Waals surface area contributed by atoms with Crippen molar-refractivity contribution in [1.82, 2.24) is 10.2 Å². The van der Waals surface area contributed by atoms with Crippen LogP contribution in [0.1, 0.15) is 52.8 Å². The molecule has 1 aliphatic carbocycles. The number of imide groups is 1. The molecular weight excluding hydrogens is 264 g/mol. The van der Waals surface area contributed by atoms with Crippen molar-refractivity contribution in [2.75, 3.05) is 13.6 Å². The number of nitrogens with one attached hydrogen (secondary N) is 1. The average molecular weight is 286 g/mol. The minimum atomic E-state index is -0.147. The minimum Gasteiger partial charge on any atom is -0.315 e. The molecule has 4 heteroatoms. The van der Waals surface area contributed by atoms with E-state index in [1.165, 1.54) is 37.0 Å². The molecule has 112 valence electrons. The van der Waals surface area contributed by atoms with Gasteiger partial charge in [-0.1, -0.05) is 31.4 Å². The van der Waals surface area contributed by atoms with Gasteiger partial charge in [0, 0.05) is 12.6 Å². The molecule has 1 N–H and O–H groups in total. The molecule has 1 atom stereocenters. The molecule has 1 unspecified atom stereocenters. The molecule has 3 rings (SSSR count). The fourth-order valence-electron chi connectivity index (χ4n) is 3.61. The highest BCUT2D eigenvalue weighted by molar-refractivity contribution is 6.21. The number of benzene rings is 1. The van der Waals surface area contributed by atoms with Crippen LogP contribution in [-0.2, 0) is 0 Å². The third-order valence-corrected chi connectivity index (χ3v) is 4.85. The smallest absolute Gasteiger partial charge is 0.261 e. The first kappa shape index (κ1) is 14.3. The second-order valence-electron chi connectivity index (χ2n) is 6.06. The summed E-state index contributed by atoms with van der Waals surface area (Å²) in [6.45, 7) is 0.480. The van der Waals surface area contributed by atoms with Gasteiger partial charge in [-0.2, -0.15) is 0 Å². The first-order valence-corrected chi connectivity index (χ1v) is 7.85. The Labute approximate surface area is 125 Å². The van der Waals surface area contributed by atoms with Crippen LogP contribution in [-0.4, -0.2) is 36.3 Å². The summed E-state index contributed by atoms with van der Waals surface area (Å²) < 4.78 is 0. The van der Waals surface area contributed by atoms with Crippen LogP contribution in [0.3, 0.4) is 0 Å². The van der Waals surface area contributed by atoms with Gasteiger partial charge in [0.2, 0.25) is 0 Å². The molecule has 1 aliphatic heterocycles. The third-order valence-electron chi connectivity index (χ3n) is 4.85. The number of hydrogen-bond donors (Lipinski definition) is 1. The molecule has 21 heavy (non-hydrogen) atoms. The van der Waals surface area contributed by atoms with E-state index in [0.29, 0.717) is 23.6 Å². The summed E-state index contributed by atoms with van der Waals surface area (Å²) in [5.74, 6) is 0.270. The Balaban J connectivity index is 1.75. The summed E-state index contributed by atoms with van der Waals surface area (Å²) in [7, 11) is 1.93. The predicted molar refractivity (Wildman–Crippen MR) is 81.2 cm³/mol. The Kier molecular flexibility index (Phi) is 4.06. The van der Waals surface area contributed by atoms with Crippen LogP contribution in [0.15, 0.2) is 24.3 Å². The zero-order valence-corrected chi connectivity index (χ0v) is 12.5. The molecular formula is C17H22N2O2. The number of fused-ring (bicyclic) bond motifs is 1.